The third kappa shape index (κ3) is 3.96. The van der Waals surface area contributed by atoms with Gasteiger partial charge in [-0.1, -0.05) is 0 Å². The zero-order valence-corrected chi connectivity index (χ0v) is 9.13. The van der Waals surface area contributed by atoms with Gasteiger partial charge in [-0.05, 0) is 0 Å². The predicted octanol–water partition coefficient (Wildman–Crippen LogP) is -0.843. The number of carbonyl (C=O) groups excluding carboxylic acids is 1. The molecule has 86 valence electrons. The lowest BCUT2D eigenvalue weighted by Gasteiger charge is -2.13. The number of carbonyl (C=O) groups is 2. The van der Waals surface area contributed by atoms with Crippen LogP contribution in [-0.2, 0) is 4.79 Å². The highest BCUT2D eigenvalue weighted by atomic mass is 32.2. The topological polar surface area (TPSA) is 95.7 Å². The average Bonchev–Trinajstić information content (AvgIpc) is 2.58. The largest absolute Gasteiger partial charge is 0.480 e. The van der Waals surface area contributed by atoms with Crippen LogP contribution in [0, 0.1) is 0 Å². The highest BCUT2D eigenvalue weighted by Gasteiger charge is 2.18. The van der Waals surface area contributed by atoms with Crippen LogP contribution < -0.4 is 11.1 Å². The maximum Gasteiger partial charge on any atom is 0.321 e. The number of nitrogens with two attached hydrogens (primary N) is 1. The molecule has 1 aliphatic rings. The fraction of sp³-hybridized carbons (Fsp3) is 0.750. The van der Waals surface area contributed by atoms with Crippen LogP contribution in [0.3, 0.4) is 0 Å². The Labute approximate surface area is 92.2 Å². The first-order valence-corrected chi connectivity index (χ1v) is 5.85. The number of carboxylic acid groups (broad SMARTS) is 1. The molecule has 0 bridgehead atoms. The van der Waals surface area contributed by atoms with Crippen molar-refractivity contribution in [1.82, 2.24) is 10.2 Å². The number of aliphatic carboxylic acids is 1. The van der Waals surface area contributed by atoms with E-state index >= 15 is 0 Å². The normalized spacial score (nSPS) is 17.7. The lowest BCUT2D eigenvalue weighted by molar-refractivity contribution is -0.137. The molecule has 1 aliphatic heterocycles. The summed E-state index contributed by atoms with van der Waals surface area (Å²) in [5.74, 6) is 0.112. The van der Waals surface area contributed by atoms with Crippen LogP contribution in [-0.4, -0.2) is 59.2 Å². The average molecular weight is 233 g/mol. The molecule has 2 amide bonds. The second-order valence-electron chi connectivity index (χ2n) is 3.24. The number of hydrogen-bond donors (Lipinski definition) is 3. The minimum absolute atomic E-state index is 0.0434. The van der Waals surface area contributed by atoms with Gasteiger partial charge in [0.1, 0.15) is 6.04 Å². The van der Waals surface area contributed by atoms with Crippen LogP contribution in [0.15, 0.2) is 0 Å². The van der Waals surface area contributed by atoms with E-state index in [9.17, 15) is 9.59 Å². The lowest BCUT2D eigenvalue weighted by atomic mass is 10.4. The molecule has 0 spiro atoms. The number of thioether (sulfide) groups is 1. The molecule has 1 rings (SSSR count). The van der Waals surface area contributed by atoms with Crippen molar-refractivity contribution in [1.29, 1.82) is 0 Å². The van der Waals surface area contributed by atoms with Crippen molar-refractivity contribution in [3.05, 3.63) is 0 Å². The molecule has 15 heavy (non-hydrogen) atoms. The molecule has 1 saturated heterocycles. The molecular formula is C8H15N3O3S. The molecule has 0 radical (unpaired) electrons. The summed E-state index contributed by atoms with van der Waals surface area (Å²) >= 11 is 1.45. The number of rotatable bonds is 6. The fourth-order valence-corrected chi connectivity index (χ4v) is 2.09. The summed E-state index contributed by atoms with van der Waals surface area (Å²) < 4.78 is 0. The first-order chi connectivity index (χ1) is 7.11. The molecule has 4 N–H and O–H groups in total. The van der Waals surface area contributed by atoms with E-state index in [2.05, 4.69) is 5.32 Å². The molecule has 0 aromatic carbocycles. The third-order valence-electron chi connectivity index (χ3n) is 2.07. The van der Waals surface area contributed by atoms with Gasteiger partial charge < -0.3 is 21.1 Å². The van der Waals surface area contributed by atoms with Gasteiger partial charge in [0.15, 0.2) is 0 Å². The second kappa shape index (κ2) is 5.82. The van der Waals surface area contributed by atoms with E-state index in [4.69, 9.17) is 10.8 Å². The number of carboxylic acids is 1. The third-order valence-corrected chi connectivity index (χ3v) is 3.13. The Morgan fingerprint density at radius 1 is 1.73 bits per heavy atom. The molecule has 0 aromatic rings. The van der Waals surface area contributed by atoms with Gasteiger partial charge in [-0.15, -0.1) is 0 Å². The Morgan fingerprint density at radius 2 is 2.47 bits per heavy atom. The predicted molar refractivity (Wildman–Crippen MR) is 57.9 cm³/mol. The molecule has 0 aromatic heterocycles. The van der Waals surface area contributed by atoms with Gasteiger partial charge in [0.25, 0.3) is 0 Å². The van der Waals surface area contributed by atoms with Gasteiger partial charge in [0.2, 0.25) is 0 Å². The van der Waals surface area contributed by atoms with Gasteiger partial charge in [0.05, 0.1) is 0 Å². The molecule has 1 heterocycles. The molecule has 1 atom stereocenters. The molecule has 0 aliphatic carbocycles. The first-order valence-electron chi connectivity index (χ1n) is 4.70. The highest BCUT2D eigenvalue weighted by molar-refractivity contribution is 7.99. The Kier molecular flexibility index (Phi) is 4.70. The standard InChI is InChI=1S/C8H15N3O3S/c9-6(7(12)13)5-15-4-3-11-2-1-10-8(11)14/h6H,1-5,9H2,(H,10,14)(H,12,13)/t6-/m1/s1. The van der Waals surface area contributed by atoms with Gasteiger partial charge in [-0.25, -0.2) is 4.79 Å². The van der Waals surface area contributed by atoms with E-state index in [1.165, 1.54) is 11.8 Å². The van der Waals surface area contributed by atoms with Crippen molar-refractivity contribution in [2.24, 2.45) is 5.73 Å². The molecule has 7 heteroatoms. The van der Waals surface area contributed by atoms with E-state index in [0.29, 0.717) is 24.6 Å². The van der Waals surface area contributed by atoms with Crippen molar-refractivity contribution in [2.45, 2.75) is 6.04 Å². The van der Waals surface area contributed by atoms with E-state index in [-0.39, 0.29) is 6.03 Å². The van der Waals surface area contributed by atoms with Crippen LogP contribution in [0.4, 0.5) is 4.79 Å². The minimum atomic E-state index is -0.985. The van der Waals surface area contributed by atoms with Gasteiger partial charge in [-0.3, -0.25) is 4.79 Å². The molecule has 1 fully saturated rings. The smallest absolute Gasteiger partial charge is 0.321 e. The first kappa shape index (κ1) is 12.1. The van der Waals surface area contributed by atoms with Gasteiger partial charge in [0, 0.05) is 31.1 Å². The molecular weight excluding hydrogens is 218 g/mol. The lowest BCUT2D eigenvalue weighted by Crippen LogP contribution is -2.33. The Morgan fingerprint density at radius 3 is 3.00 bits per heavy atom. The number of amides is 2. The van der Waals surface area contributed by atoms with E-state index in [1.807, 2.05) is 0 Å². The molecule has 0 unspecified atom stereocenters. The summed E-state index contributed by atoms with van der Waals surface area (Å²) in [6.45, 7) is 2.06. The highest BCUT2D eigenvalue weighted by Crippen LogP contribution is 2.04. The van der Waals surface area contributed by atoms with Crippen LogP contribution in [0.25, 0.3) is 0 Å². The Hall–Kier alpha value is -0.950. The van der Waals surface area contributed by atoms with E-state index < -0.39 is 12.0 Å². The van der Waals surface area contributed by atoms with Crippen molar-refractivity contribution in [3.8, 4) is 0 Å². The second-order valence-corrected chi connectivity index (χ2v) is 4.39. The number of nitrogens with zero attached hydrogens (tertiary/aromatic N) is 1. The summed E-state index contributed by atoms with van der Waals surface area (Å²) in [4.78, 5) is 23.2. The summed E-state index contributed by atoms with van der Waals surface area (Å²) in [6, 6.07) is -0.861. The monoisotopic (exact) mass is 233 g/mol. The van der Waals surface area contributed by atoms with E-state index in [1.54, 1.807) is 4.90 Å². The quantitative estimate of drug-likeness (QED) is 0.520. The minimum Gasteiger partial charge on any atom is -0.480 e. The van der Waals surface area contributed by atoms with Crippen molar-refractivity contribution in [2.75, 3.05) is 31.1 Å². The van der Waals surface area contributed by atoms with Crippen LogP contribution in [0.1, 0.15) is 0 Å². The maximum absolute atomic E-state index is 11.1. The maximum atomic E-state index is 11.1. The van der Waals surface area contributed by atoms with Crippen molar-refractivity contribution < 1.29 is 14.7 Å². The zero-order valence-electron chi connectivity index (χ0n) is 8.31. The molecule has 6 nitrogen and oxygen atoms in total. The summed E-state index contributed by atoms with van der Waals surface area (Å²) in [5.41, 5.74) is 5.32. The zero-order chi connectivity index (χ0) is 11.3. The van der Waals surface area contributed by atoms with Crippen LogP contribution in [0.5, 0.6) is 0 Å². The number of urea groups is 1. The number of nitrogens with one attached hydrogen (secondary N) is 1. The van der Waals surface area contributed by atoms with Gasteiger partial charge >= 0.3 is 12.0 Å². The Balaban J connectivity index is 2.06. The Bertz CT molecular complexity index is 249. The molecule has 0 saturated carbocycles. The van der Waals surface area contributed by atoms with Crippen molar-refractivity contribution >= 4 is 23.8 Å². The summed E-state index contributed by atoms with van der Waals surface area (Å²) in [7, 11) is 0. The van der Waals surface area contributed by atoms with Gasteiger partial charge in [-0.2, -0.15) is 11.8 Å². The van der Waals surface area contributed by atoms with E-state index in [0.717, 1.165) is 6.54 Å². The SMILES string of the molecule is N[C@H](CSCCN1CCNC1=O)C(=O)O. The summed E-state index contributed by atoms with van der Waals surface area (Å²) in [6.07, 6.45) is 0. The number of hydrogen-bond acceptors (Lipinski definition) is 4. The van der Waals surface area contributed by atoms with Crippen molar-refractivity contribution in [3.63, 3.8) is 0 Å². The van der Waals surface area contributed by atoms with Crippen LogP contribution in [0.2, 0.25) is 0 Å². The summed E-state index contributed by atoms with van der Waals surface area (Å²) in [5, 5.41) is 11.2. The fourth-order valence-electron chi connectivity index (χ4n) is 1.18. The van der Waals surface area contributed by atoms with Crippen LogP contribution >= 0.6 is 11.8 Å².